The molecule has 1 aliphatic rings. The number of hydrogen-bond donors (Lipinski definition) is 1. The van der Waals surface area contributed by atoms with Gasteiger partial charge in [-0.25, -0.2) is 4.98 Å². The fraction of sp³-hybridized carbons (Fsp3) is 0.438. The summed E-state index contributed by atoms with van der Waals surface area (Å²) in [6.07, 6.45) is 4.44. The molecule has 1 fully saturated rings. The molecule has 0 bridgehead atoms. The second kappa shape index (κ2) is 5.57. The third-order valence-corrected chi connectivity index (χ3v) is 3.87. The van der Waals surface area contributed by atoms with Gasteiger partial charge in [-0.3, -0.25) is 0 Å². The van der Waals surface area contributed by atoms with Crippen LogP contribution in [0.5, 0.6) is 0 Å². The van der Waals surface area contributed by atoms with Crippen LogP contribution in [0.1, 0.15) is 19.8 Å². The topological polar surface area (TPSA) is 28.2 Å². The molecule has 1 aromatic heterocycles. The average Bonchev–Trinajstić information content (AvgIpc) is 2.47. The summed E-state index contributed by atoms with van der Waals surface area (Å²) in [7, 11) is 0. The van der Waals surface area contributed by atoms with Crippen LogP contribution in [0.3, 0.4) is 0 Å². The molecule has 0 saturated carbocycles. The van der Waals surface area contributed by atoms with Crippen LogP contribution in [0.4, 0.5) is 5.82 Å². The Morgan fingerprint density at radius 3 is 3.11 bits per heavy atom. The number of nitrogens with one attached hydrogen (secondary N) is 1. The number of likely N-dealkylation sites (N-methyl/N-ethyl adjacent to an activating group) is 1. The smallest absolute Gasteiger partial charge is 0.136 e. The van der Waals surface area contributed by atoms with Gasteiger partial charge in [0.2, 0.25) is 0 Å². The van der Waals surface area contributed by atoms with Gasteiger partial charge in [-0.15, -0.1) is 0 Å². The van der Waals surface area contributed by atoms with Crippen LogP contribution in [-0.2, 0) is 0 Å². The van der Waals surface area contributed by atoms with E-state index in [-0.39, 0.29) is 0 Å². The summed E-state index contributed by atoms with van der Waals surface area (Å²) >= 11 is 0. The normalized spacial score (nSPS) is 19.8. The third kappa shape index (κ3) is 2.56. The first-order valence-corrected chi connectivity index (χ1v) is 7.20. The molecule has 1 aliphatic heterocycles. The number of benzene rings is 1. The van der Waals surface area contributed by atoms with Crippen molar-refractivity contribution in [1.82, 2.24) is 10.3 Å². The molecule has 0 radical (unpaired) electrons. The van der Waals surface area contributed by atoms with Crippen LogP contribution in [-0.4, -0.2) is 30.7 Å². The predicted octanol–water partition coefficient (Wildman–Crippen LogP) is 2.81. The number of anilines is 1. The van der Waals surface area contributed by atoms with Crippen LogP contribution in [0.25, 0.3) is 10.8 Å². The molecule has 0 spiro atoms. The number of fused-ring (bicyclic) bond motifs is 1. The maximum Gasteiger partial charge on any atom is 0.136 e. The standard InChI is InChI=1S/C16H21N3/c1-2-17-14-7-5-11-19(12-14)16-15-8-4-3-6-13(15)9-10-18-16/h3-4,6,8-10,14,17H,2,5,7,11-12H2,1H3. The minimum atomic E-state index is 0.597. The summed E-state index contributed by atoms with van der Waals surface area (Å²) in [5.74, 6) is 1.14. The number of aromatic nitrogens is 1. The van der Waals surface area contributed by atoms with Gasteiger partial charge in [0, 0.05) is 30.7 Å². The van der Waals surface area contributed by atoms with Crippen molar-refractivity contribution in [2.24, 2.45) is 0 Å². The Morgan fingerprint density at radius 2 is 2.21 bits per heavy atom. The zero-order valence-corrected chi connectivity index (χ0v) is 11.5. The van der Waals surface area contributed by atoms with Crippen molar-refractivity contribution < 1.29 is 0 Å². The summed E-state index contributed by atoms with van der Waals surface area (Å²) in [6.45, 7) is 5.40. The number of hydrogen-bond acceptors (Lipinski definition) is 3. The first-order valence-electron chi connectivity index (χ1n) is 7.20. The molecule has 100 valence electrons. The number of rotatable bonds is 3. The molecule has 1 unspecified atom stereocenters. The lowest BCUT2D eigenvalue weighted by atomic mass is 10.0. The van der Waals surface area contributed by atoms with Crippen LogP contribution in [0.2, 0.25) is 0 Å². The predicted molar refractivity (Wildman–Crippen MR) is 80.7 cm³/mol. The third-order valence-electron chi connectivity index (χ3n) is 3.87. The van der Waals surface area contributed by atoms with Gasteiger partial charge in [0.25, 0.3) is 0 Å². The summed E-state index contributed by atoms with van der Waals surface area (Å²) in [5.41, 5.74) is 0. The van der Waals surface area contributed by atoms with E-state index in [0.717, 1.165) is 25.5 Å². The minimum absolute atomic E-state index is 0.597. The molecule has 0 amide bonds. The number of piperidine rings is 1. The molecular formula is C16H21N3. The molecule has 3 rings (SSSR count). The zero-order chi connectivity index (χ0) is 13.1. The molecule has 1 atom stereocenters. The van der Waals surface area contributed by atoms with Crippen molar-refractivity contribution in [2.45, 2.75) is 25.8 Å². The summed E-state index contributed by atoms with van der Waals surface area (Å²) in [6, 6.07) is 11.2. The Labute approximate surface area is 114 Å². The number of nitrogens with zero attached hydrogens (tertiary/aromatic N) is 2. The molecule has 1 aromatic carbocycles. The lowest BCUT2D eigenvalue weighted by Crippen LogP contribution is -2.46. The monoisotopic (exact) mass is 255 g/mol. The van der Waals surface area contributed by atoms with Gasteiger partial charge < -0.3 is 10.2 Å². The van der Waals surface area contributed by atoms with Gasteiger partial charge >= 0.3 is 0 Å². The van der Waals surface area contributed by atoms with Crippen LogP contribution >= 0.6 is 0 Å². The Balaban J connectivity index is 1.91. The van der Waals surface area contributed by atoms with Gasteiger partial charge in [-0.2, -0.15) is 0 Å². The highest BCUT2D eigenvalue weighted by Crippen LogP contribution is 2.26. The first kappa shape index (κ1) is 12.4. The highest BCUT2D eigenvalue weighted by atomic mass is 15.2. The maximum absolute atomic E-state index is 4.62. The lowest BCUT2D eigenvalue weighted by Gasteiger charge is -2.34. The maximum atomic E-state index is 4.62. The van der Waals surface area contributed by atoms with E-state index >= 15 is 0 Å². The molecule has 3 nitrogen and oxygen atoms in total. The first-order chi connectivity index (χ1) is 9.38. The van der Waals surface area contributed by atoms with Crippen LogP contribution < -0.4 is 10.2 Å². The number of pyridine rings is 1. The van der Waals surface area contributed by atoms with E-state index in [0.29, 0.717) is 6.04 Å². The van der Waals surface area contributed by atoms with E-state index in [2.05, 4.69) is 52.5 Å². The summed E-state index contributed by atoms with van der Waals surface area (Å²) < 4.78 is 0. The van der Waals surface area contributed by atoms with Gasteiger partial charge in [-0.05, 0) is 30.8 Å². The Hall–Kier alpha value is -1.61. The lowest BCUT2D eigenvalue weighted by molar-refractivity contribution is 0.430. The van der Waals surface area contributed by atoms with Gasteiger partial charge in [0.1, 0.15) is 5.82 Å². The van der Waals surface area contributed by atoms with Gasteiger partial charge in [0.05, 0.1) is 0 Å². The molecule has 1 N–H and O–H groups in total. The van der Waals surface area contributed by atoms with Crippen molar-refractivity contribution >= 4 is 16.6 Å². The fourth-order valence-corrected chi connectivity index (χ4v) is 2.98. The Kier molecular flexibility index (Phi) is 3.65. The zero-order valence-electron chi connectivity index (χ0n) is 11.5. The average molecular weight is 255 g/mol. The van der Waals surface area contributed by atoms with E-state index < -0.39 is 0 Å². The molecule has 19 heavy (non-hydrogen) atoms. The van der Waals surface area contributed by atoms with Crippen molar-refractivity contribution in [3.8, 4) is 0 Å². The fourth-order valence-electron chi connectivity index (χ4n) is 2.98. The molecule has 1 saturated heterocycles. The highest BCUT2D eigenvalue weighted by molar-refractivity contribution is 5.92. The van der Waals surface area contributed by atoms with Gasteiger partial charge in [0.15, 0.2) is 0 Å². The van der Waals surface area contributed by atoms with Crippen LogP contribution in [0.15, 0.2) is 36.5 Å². The quantitative estimate of drug-likeness (QED) is 0.914. The van der Waals surface area contributed by atoms with Crippen molar-refractivity contribution in [3.05, 3.63) is 36.5 Å². The second-order valence-electron chi connectivity index (χ2n) is 5.20. The van der Waals surface area contributed by atoms with E-state index in [9.17, 15) is 0 Å². The highest BCUT2D eigenvalue weighted by Gasteiger charge is 2.21. The van der Waals surface area contributed by atoms with Crippen LogP contribution in [0, 0.1) is 0 Å². The van der Waals surface area contributed by atoms with E-state index in [1.165, 1.54) is 23.6 Å². The molecular weight excluding hydrogens is 234 g/mol. The second-order valence-corrected chi connectivity index (χ2v) is 5.20. The summed E-state index contributed by atoms with van der Waals surface area (Å²) in [5, 5.41) is 6.10. The Bertz CT molecular complexity index is 545. The molecule has 2 heterocycles. The van der Waals surface area contributed by atoms with Gasteiger partial charge in [-0.1, -0.05) is 31.2 Å². The van der Waals surface area contributed by atoms with E-state index in [1.807, 2.05) is 6.20 Å². The van der Waals surface area contributed by atoms with Crippen molar-refractivity contribution in [1.29, 1.82) is 0 Å². The van der Waals surface area contributed by atoms with E-state index in [4.69, 9.17) is 0 Å². The molecule has 3 heteroatoms. The van der Waals surface area contributed by atoms with Crippen molar-refractivity contribution in [3.63, 3.8) is 0 Å². The largest absolute Gasteiger partial charge is 0.355 e. The SMILES string of the molecule is CCNC1CCCN(c2nccc3ccccc23)C1. The molecule has 2 aromatic rings. The Morgan fingerprint density at radius 1 is 1.32 bits per heavy atom. The molecule has 0 aliphatic carbocycles. The van der Waals surface area contributed by atoms with E-state index in [1.54, 1.807) is 0 Å². The minimum Gasteiger partial charge on any atom is -0.355 e. The summed E-state index contributed by atoms with van der Waals surface area (Å²) in [4.78, 5) is 7.05. The van der Waals surface area contributed by atoms with Crippen molar-refractivity contribution in [2.75, 3.05) is 24.5 Å².